The Morgan fingerprint density at radius 2 is 2.23 bits per heavy atom. The van der Waals surface area contributed by atoms with Crippen LogP contribution in [-0.2, 0) is 7.05 Å². The second kappa shape index (κ2) is 3.50. The second-order valence-corrected chi connectivity index (χ2v) is 3.92. The number of hydrogen-bond donors (Lipinski definition) is 1. The van der Waals surface area contributed by atoms with Gasteiger partial charge in [0.2, 0.25) is 0 Å². The lowest BCUT2D eigenvalue weighted by Gasteiger charge is -2.25. The van der Waals surface area contributed by atoms with Crippen molar-refractivity contribution in [2.24, 2.45) is 7.05 Å². The largest absolute Gasteiger partial charge is 0.392 e. The standard InChI is InChI=1S/C10H16N2O/c1-12-6-9(11-7-12)8-4-2-3-5-10(8)13/h6-8,10,13H,2-5H2,1H3. The third kappa shape index (κ3) is 1.75. The molecule has 3 nitrogen and oxygen atoms in total. The topological polar surface area (TPSA) is 38.0 Å². The molecule has 0 aliphatic heterocycles. The Bertz CT molecular complexity index is 282. The first-order chi connectivity index (χ1) is 6.27. The van der Waals surface area contributed by atoms with E-state index in [9.17, 15) is 5.11 Å². The summed E-state index contributed by atoms with van der Waals surface area (Å²) in [5.74, 6) is 0.273. The molecule has 1 fully saturated rings. The van der Waals surface area contributed by atoms with Crippen molar-refractivity contribution in [2.45, 2.75) is 37.7 Å². The van der Waals surface area contributed by atoms with E-state index in [2.05, 4.69) is 4.98 Å². The third-order valence-electron chi connectivity index (χ3n) is 2.83. The van der Waals surface area contributed by atoms with E-state index in [1.165, 1.54) is 6.42 Å². The van der Waals surface area contributed by atoms with Gasteiger partial charge in [0.1, 0.15) is 0 Å². The molecule has 1 saturated carbocycles. The lowest BCUT2D eigenvalue weighted by Crippen LogP contribution is -2.22. The predicted molar refractivity (Wildman–Crippen MR) is 50.4 cm³/mol. The maximum Gasteiger partial charge on any atom is 0.0946 e. The van der Waals surface area contributed by atoms with Gasteiger partial charge in [-0.2, -0.15) is 0 Å². The Balaban J connectivity index is 2.14. The van der Waals surface area contributed by atoms with E-state index in [1.54, 1.807) is 6.33 Å². The highest BCUT2D eigenvalue weighted by Crippen LogP contribution is 2.31. The monoisotopic (exact) mass is 180 g/mol. The summed E-state index contributed by atoms with van der Waals surface area (Å²) in [6.45, 7) is 0. The molecule has 1 aliphatic rings. The molecule has 0 aromatic carbocycles. The summed E-state index contributed by atoms with van der Waals surface area (Å²) >= 11 is 0. The first-order valence-corrected chi connectivity index (χ1v) is 4.93. The number of aromatic nitrogens is 2. The summed E-state index contributed by atoms with van der Waals surface area (Å²) in [6.07, 6.45) is 8.03. The van der Waals surface area contributed by atoms with E-state index in [4.69, 9.17) is 0 Å². The zero-order valence-corrected chi connectivity index (χ0v) is 7.98. The maximum atomic E-state index is 9.78. The molecule has 1 aromatic heterocycles. The van der Waals surface area contributed by atoms with Crippen molar-refractivity contribution < 1.29 is 5.11 Å². The number of nitrogens with zero attached hydrogens (tertiary/aromatic N) is 2. The van der Waals surface area contributed by atoms with E-state index >= 15 is 0 Å². The fourth-order valence-electron chi connectivity index (χ4n) is 2.08. The number of hydrogen-bond acceptors (Lipinski definition) is 2. The summed E-state index contributed by atoms with van der Waals surface area (Å²) < 4.78 is 1.94. The van der Waals surface area contributed by atoms with Crippen molar-refractivity contribution >= 4 is 0 Å². The van der Waals surface area contributed by atoms with Gasteiger partial charge in [0.15, 0.2) is 0 Å². The summed E-state index contributed by atoms with van der Waals surface area (Å²) in [4.78, 5) is 4.29. The van der Waals surface area contributed by atoms with Gasteiger partial charge in [-0.1, -0.05) is 12.8 Å². The highest BCUT2D eigenvalue weighted by Gasteiger charge is 2.25. The zero-order chi connectivity index (χ0) is 9.26. The average molecular weight is 180 g/mol. The number of imidazole rings is 1. The van der Waals surface area contributed by atoms with Crippen LogP contribution in [0.2, 0.25) is 0 Å². The van der Waals surface area contributed by atoms with Crippen LogP contribution in [0, 0.1) is 0 Å². The van der Waals surface area contributed by atoms with Gasteiger partial charge >= 0.3 is 0 Å². The molecule has 3 heteroatoms. The van der Waals surface area contributed by atoms with Crippen LogP contribution in [0.3, 0.4) is 0 Å². The highest BCUT2D eigenvalue weighted by atomic mass is 16.3. The van der Waals surface area contributed by atoms with Crippen LogP contribution in [-0.4, -0.2) is 20.8 Å². The maximum absolute atomic E-state index is 9.78. The van der Waals surface area contributed by atoms with Crippen LogP contribution in [0.25, 0.3) is 0 Å². The van der Waals surface area contributed by atoms with E-state index in [1.807, 2.05) is 17.8 Å². The lowest BCUT2D eigenvalue weighted by molar-refractivity contribution is 0.104. The minimum atomic E-state index is -0.177. The van der Waals surface area contributed by atoms with Crippen LogP contribution in [0.5, 0.6) is 0 Å². The quantitative estimate of drug-likeness (QED) is 0.710. The molecule has 0 spiro atoms. The predicted octanol–water partition coefficient (Wildman–Crippen LogP) is 1.44. The van der Waals surface area contributed by atoms with Crippen molar-refractivity contribution in [3.63, 3.8) is 0 Å². The molecule has 2 unspecified atom stereocenters. The molecule has 0 bridgehead atoms. The molecule has 72 valence electrons. The van der Waals surface area contributed by atoms with Gasteiger partial charge in [-0.25, -0.2) is 4.98 Å². The van der Waals surface area contributed by atoms with Crippen molar-refractivity contribution in [1.29, 1.82) is 0 Å². The van der Waals surface area contributed by atoms with E-state index < -0.39 is 0 Å². The molecule has 0 amide bonds. The van der Waals surface area contributed by atoms with E-state index in [-0.39, 0.29) is 12.0 Å². The molecule has 13 heavy (non-hydrogen) atoms. The van der Waals surface area contributed by atoms with Crippen LogP contribution in [0.15, 0.2) is 12.5 Å². The van der Waals surface area contributed by atoms with Gasteiger partial charge in [0.05, 0.1) is 18.1 Å². The Morgan fingerprint density at radius 1 is 1.46 bits per heavy atom. The van der Waals surface area contributed by atoms with Crippen molar-refractivity contribution in [3.05, 3.63) is 18.2 Å². The summed E-state index contributed by atoms with van der Waals surface area (Å²) in [5, 5.41) is 9.78. The first kappa shape index (κ1) is 8.75. The van der Waals surface area contributed by atoms with Crippen LogP contribution < -0.4 is 0 Å². The van der Waals surface area contributed by atoms with Gasteiger partial charge in [-0.3, -0.25) is 0 Å². The number of aliphatic hydroxyl groups excluding tert-OH is 1. The minimum Gasteiger partial charge on any atom is -0.392 e. The molecular formula is C10H16N2O. The van der Waals surface area contributed by atoms with Gasteiger partial charge < -0.3 is 9.67 Å². The summed E-state index contributed by atoms with van der Waals surface area (Å²) in [6, 6.07) is 0. The van der Waals surface area contributed by atoms with Crippen LogP contribution in [0.1, 0.15) is 37.3 Å². The Labute approximate surface area is 78.4 Å². The van der Waals surface area contributed by atoms with Gasteiger partial charge in [-0.15, -0.1) is 0 Å². The fourth-order valence-corrected chi connectivity index (χ4v) is 2.08. The second-order valence-electron chi connectivity index (χ2n) is 3.92. The fraction of sp³-hybridized carbons (Fsp3) is 0.700. The van der Waals surface area contributed by atoms with Gasteiger partial charge in [0, 0.05) is 19.2 Å². The normalized spacial score (nSPS) is 29.1. The summed E-state index contributed by atoms with van der Waals surface area (Å²) in [5.41, 5.74) is 1.05. The number of aliphatic hydroxyl groups is 1. The molecule has 1 N–H and O–H groups in total. The zero-order valence-electron chi connectivity index (χ0n) is 7.98. The molecule has 0 radical (unpaired) electrons. The minimum absolute atomic E-state index is 0.177. The molecule has 1 aliphatic carbocycles. The molecule has 2 atom stereocenters. The average Bonchev–Trinajstić information content (AvgIpc) is 2.53. The molecular weight excluding hydrogens is 164 g/mol. The van der Waals surface area contributed by atoms with Gasteiger partial charge in [0.25, 0.3) is 0 Å². The first-order valence-electron chi connectivity index (χ1n) is 4.93. The number of aryl methyl sites for hydroxylation is 1. The highest BCUT2D eigenvalue weighted by molar-refractivity contribution is 5.08. The van der Waals surface area contributed by atoms with Crippen LogP contribution in [0.4, 0.5) is 0 Å². The Kier molecular flexibility index (Phi) is 2.36. The Morgan fingerprint density at radius 3 is 2.85 bits per heavy atom. The molecule has 1 aromatic rings. The molecule has 1 heterocycles. The third-order valence-corrected chi connectivity index (χ3v) is 2.83. The van der Waals surface area contributed by atoms with E-state index in [0.717, 1.165) is 25.0 Å². The SMILES string of the molecule is Cn1cnc(C2CCCCC2O)c1. The molecule has 2 rings (SSSR count). The summed E-state index contributed by atoms with van der Waals surface area (Å²) in [7, 11) is 1.96. The van der Waals surface area contributed by atoms with E-state index in [0.29, 0.717) is 0 Å². The van der Waals surface area contributed by atoms with Crippen molar-refractivity contribution in [3.8, 4) is 0 Å². The lowest BCUT2D eigenvalue weighted by atomic mass is 9.85. The Hall–Kier alpha value is -0.830. The molecule has 0 saturated heterocycles. The van der Waals surface area contributed by atoms with Crippen LogP contribution >= 0.6 is 0 Å². The van der Waals surface area contributed by atoms with Crippen molar-refractivity contribution in [2.75, 3.05) is 0 Å². The van der Waals surface area contributed by atoms with Gasteiger partial charge in [-0.05, 0) is 12.8 Å². The number of rotatable bonds is 1. The smallest absolute Gasteiger partial charge is 0.0946 e. The van der Waals surface area contributed by atoms with Crippen molar-refractivity contribution in [1.82, 2.24) is 9.55 Å².